The van der Waals surface area contributed by atoms with E-state index < -0.39 is 0 Å². The molecule has 0 aliphatic carbocycles. The van der Waals surface area contributed by atoms with E-state index in [0.29, 0.717) is 5.02 Å². The van der Waals surface area contributed by atoms with Crippen molar-refractivity contribution in [2.24, 2.45) is 0 Å². The Bertz CT molecular complexity index is 566. The molecule has 0 unspecified atom stereocenters. The average Bonchev–Trinajstić information content (AvgIpc) is 2.34. The molecule has 0 radical (unpaired) electrons. The molecule has 0 amide bonds. The van der Waals surface area contributed by atoms with Crippen molar-refractivity contribution in [3.63, 3.8) is 0 Å². The van der Waals surface area contributed by atoms with Crippen molar-refractivity contribution in [2.75, 3.05) is 0 Å². The fraction of sp³-hybridized carbons (Fsp3) is 0.200. The lowest BCUT2D eigenvalue weighted by molar-refractivity contribution is 0.279. The molecule has 2 aromatic rings. The summed E-state index contributed by atoms with van der Waals surface area (Å²) in [6.07, 6.45) is 0. The van der Waals surface area contributed by atoms with Crippen molar-refractivity contribution in [1.29, 1.82) is 0 Å². The molecule has 2 aromatic carbocycles. The van der Waals surface area contributed by atoms with Crippen LogP contribution in [0.1, 0.15) is 16.7 Å². The molecule has 18 heavy (non-hydrogen) atoms. The molecule has 0 spiro atoms. The van der Waals surface area contributed by atoms with Crippen LogP contribution < -0.4 is 0 Å². The number of aliphatic hydroxyl groups excluding tert-OH is 1. The van der Waals surface area contributed by atoms with Gasteiger partial charge in [-0.2, -0.15) is 0 Å². The first-order valence-electron chi connectivity index (χ1n) is 5.75. The fourth-order valence-electron chi connectivity index (χ4n) is 1.72. The number of aliphatic hydroxyl groups is 1. The van der Waals surface area contributed by atoms with Crippen molar-refractivity contribution in [1.82, 2.24) is 0 Å². The summed E-state index contributed by atoms with van der Waals surface area (Å²) >= 11 is 7.74. The van der Waals surface area contributed by atoms with Crippen LogP contribution in [0.15, 0.2) is 46.2 Å². The highest BCUT2D eigenvalue weighted by Gasteiger charge is 2.09. The summed E-state index contributed by atoms with van der Waals surface area (Å²) in [5.41, 5.74) is 3.26. The van der Waals surface area contributed by atoms with E-state index in [1.165, 1.54) is 16.0 Å². The quantitative estimate of drug-likeness (QED) is 0.885. The molecule has 0 aliphatic heterocycles. The van der Waals surface area contributed by atoms with Crippen LogP contribution in [0, 0.1) is 13.8 Å². The van der Waals surface area contributed by atoms with Crippen molar-refractivity contribution in [3.8, 4) is 0 Å². The van der Waals surface area contributed by atoms with Gasteiger partial charge in [-0.05, 0) is 43.2 Å². The number of rotatable bonds is 3. The van der Waals surface area contributed by atoms with Crippen molar-refractivity contribution in [3.05, 3.63) is 58.1 Å². The first-order valence-corrected chi connectivity index (χ1v) is 6.94. The predicted octanol–water partition coefficient (Wildman–Crippen LogP) is 4.60. The minimum atomic E-state index is -0.0349. The van der Waals surface area contributed by atoms with Crippen LogP contribution in [0.4, 0.5) is 0 Å². The van der Waals surface area contributed by atoms with Crippen LogP contribution in [-0.4, -0.2) is 5.11 Å². The summed E-state index contributed by atoms with van der Waals surface area (Å²) in [6.45, 7) is 4.13. The van der Waals surface area contributed by atoms with Crippen molar-refractivity contribution < 1.29 is 5.11 Å². The fourth-order valence-corrected chi connectivity index (χ4v) is 3.17. The minimum Gasteiger partial charge on any atom is -0.392 e. The number of halogens is 1. The Labute approximate surface area is 117 Å². The Morgan fingerprint density at radius 2 is 1.89 bits per heavy atom. The molecule has 3 heteroatoms. The zero-order valence-corrected chi connectivity index (χ0v) is 12.0. The lowest BCUT2D eigenvalue weighted by Crippen LogP contribution is -1.90. The number of aryl methyl sites for hydroxylation is 2. The Morgan fingerprint density at radius 3 is 2.61 bits per heavy atom. The molecular weight excluding hydrogens is 264 g/mol. The van der Waals surface area contributed by atoms with Gasteiger partial charge in [0.05, 0.1) is 6.61 Å². The standard InChI is InChI=1S/C15H15ClOS/c1-10-6-7-11(2)15(8-10)18-14-5-3-4-13(16)12(14)9-17/h3-8,17H,9H2,1-2H3. The Morgan fingerprint density at radius 1 is 1.11 bits per heavy atom. The van der Waals surface area contributed by atoms with Crippen LogP contribution in [0.5, 0.6) is 0 Å². The van der Waals surface area contributed by atoms with Gasteiger partial charge in [-0.15, -0.1) is 0 Å². The summed E-state index contributed by atoms with van der Waals surface area (Å²) in [7, 11) is 0. The molecule has 0 saturated carbocycles. The maximum atomic E-state index is 9.40. The van der Waals surface area contributed by atoms with Gasteiger partial charge in [0.2, 0.25) is 0 Å². The van der Waals surface area contributed by atoms with Gasteiger partial charge in [0.1, 0.15) is 0 Å². The molecule has 94 valence electrons. The lowest BCUT2D eigenvalue weighted by atomic mass is 10.2. The molecule has 0 aromatic heterocycles. The third-order valence-electron chi connectivity index (χ3n) is 2.80. The molecule has 1 N–H and O–H groups in total. The first kappa shape index (κ1) is 13.5. The largest absolute Gasteiger partial charge is 0.392 e. The molecule has 0 atom stereocenters. The summed E-state index contributed by atoms with van der Waals surface area (Å²) in [4.78, 5) is 2.21. The van der Waals surface area contributed by atoms with Gasteiger partial charge in [0.15, 0.2) is 0 Å². The van der Waals surface area contributed by atoms with Gasteiger partial charge in [0.25, 0.3) is 0 Å². The average molecular weight is 279 g/mol. The first-order chi connectivity index (χ1) is 8.61. The molecule has 0 aliphatic rings. The van der Waals surface area contributed by atoms with Gasteiger partial charge in [-0.3, -0.25) is 0 Å². The van der Waals surface area contributed by atoms with E-state index >= 15 is 0 Å². The summed E-state index contributed by atoms with van der Waals surface area (Å²) < 4.78 is 0. The Balaban J connectivity index is 2.40. The molecule has 0 bridgehead atoms. The van der Waals surface area contributed by atoms with Crippen LogP contribution >= 0.6 is 23.4 Å². The van der Waals surface area contributed by atoms with Gasteiger partial charge in [0, 0.05) is 20.4 Å². The van der Waals surface area contributed by atoms with E-state index in [-0.39, 0.29) is 6.61 Å². The zero-order chi connectivity index (χ0) is 13.1. The smallest absolute Gasteiger partial charge is 0.0707 e. The van der Waals surface area contributed by atoms with Crippen LogP contribution in [-0.2, 0) is 6.61 Å². The predicted molar refractivity (Wildman–Crippen MR) is 77.4 cm³/mol. The second-order valence-corrected chi connectivity index (χ2v) is 5.74. The van der Waals surface area contributed by atoms with Crippen LogP contribution in [0.25, 0.3) is 0 Å². The van der Waals surface area contributed by atoms with Gasteiger partial charge in [-0.25, -0.2) is 0 Å². The SMILES string of the molecule is Cc1ccc(C)c(Sc2cccc(Cl)c2CO)c1. The lowest BCUT2D eigenvalue weighted by Gasteiger charge is -2.11. The zero-order valence-electron chi connectivity index (χ0n) is 10.4. The van der Waals surface area contributed by atoms with E-state index in [0.717, 1.165) is 10.5 Å². The summed E-state index contributed by atoms with van der Waals surface area (Å²) in [6, 6.07) is 12.1. The van der Waals surface area contributed by atoms with E-state index in [9.17, 15) is 5.11 Å². The number of benzene rings is 2. The van der Waals surface area contributed by atoms with Crippen molar-refractivity contribution >= 4 is 23.4 Å². The molecule has 1 nitrogen and oxygen atoms in total. The number of hydrogen-bond donors (Lipinski definition) is 1. The van der Waals surface area contributed by atoms with Crippen LogP contribution in [0.2, 0.25) is 5.02 Å². The molecule has 0 fully saturated rings. The molecular formula is C15H15ClOS. The maximum Gasteiger partial charge on any atom is 0.0707 e. The highest BCUT2D eigenvalue weighted by molar-refractivity contribution is 7.99. The molecule has 0 saturated heterocycles. The highest BCUT2D eigenvalue weighted by atomic mass is 35.5. The Hall–Kier alpha value is -0.960. The van der Waals surface area contributed by atoms with E-state index in [1.54, 1.807) is 17.8 Å². The van der Waals surface area contributed by atoms with Gasteiger partial charge in [-0.1, -0.05) is 41.6 Å². The minimum absolute atomic E-state index is 0.0349. The van der Waals surface area contributed by atoms with Gasteiger partial charge < -0.3 is 5.11 Å². The van der Waals surface area contributed by atoms with E-state index in [4.69, 9.17) is 11.6 Å². The molecule has 2 rings (SSSR count). The summed E-state index contributed by atoms with van der Waals surface area (Å²) in [5.74, 6) is 0. The summed E-state index contributed by atoms with van der Waals surface area (Å²) in [5, 5.41) is 10.0. The Kier molecular flexibility index (Phi) is 4.33. The van der Waals surface area contributed by atoms with Crippen molar-refractivity contribution in [2.45, 2.75) is 30.2 Å². The second kappa shape index (κ2) is 5.79. The maximum absolute atomic E-state index is 9.40. The number of hydrogen-bond acceptors (Lipinski definition) is 2. The highest BCUT2D eigenvalue weighted by Crippen LogP contribution is 2.35. The van der Waals surface area contributed by atoms with E-state index in [1.807, 2.05) is 12.1 Å². The second-order valence-electron chi connectivity index (χ2n) is 4.25. The van der Waals surface area contributed by atoms with E-state index in [2.05, 4.69) is 32.0 Å². The normalized spacial score (nSPS) is 10.7. The third-order valence-corrected chi connectivity index (χ3v) is 4.41. The van der Waals surface area contributed by atoms with Crippen LogP contribution in [0.3, 0.4) is 0 Å². The van der Waals surface area contributed by atoms with Gasteiger partial charge >= 0.3 is 0 Å². The monoisotopic (exact) mass is 278 g/mol. The third kappa shape index (κ3) is 2.89. The topological polar surface area (TPSA) is 20.2 Å². The molecule has 0 heterocycles.